The quantitative estimate of drug-likeness (QED) is 0.486. The number of nitrogens with one attached hydrogen (secondary N) is 1. The molecule has 2 heterocycles. The van der Waals surface area contributed by atoms with Crippen LogP contribution in [0.4, 0.5) is 0 Å². The molecule has 0 aliphatic heterocycles. The maximum Gasteiger partial charge on any atom is 0.252 e. The summed E-state index contributed by atoms with van der Waals surface area (Å²) in [7, 11) is 3.26. The highest BCUT2D eigenvalue weighted by Gasteiger charge is 2.21. The molecule has 0 spiro atoms. The number of fused-ring (bicyclic) bond motifs is 1. The molecule has 1 atom stereocenters. The molecule has 1 N–H and O–H groups in total. The molecule has 0 aliphatic carbocycles. The van der Waals surface area contributed by atoms with E-state index < -0.39 is 0 Å². The molecule has 32 heavy (non-hydrogen) atoms. The number of hydrogen-bond acceptors (Lipinski definition) is 5. The SMILES string of the molecule is COc1ccc(-n2nc(C)c3c(C(=O)N[C@@H](C)c4cccc(OC)c4)cc(C)nc32)cc1. The van der Waals surface area contributed by atoms with E-state index in [4.69, 9.17) is 14.5 Å². The van der Waals surface area contributed by atoms with Crippen LogP contribution in [0.5, 0.6) is 11.5 Å². The Balaban J connectivity index is 1.72. The molecule has 0 fully saturated rings. The predicted octanol–water partition coefficient (Wildman–Crippen LogP) is 4.55. The number of nitrogens with zero attached hydrogens (tertiary/aromatic N) is 3. The van der Waals surface area contributed by atoms with Crippen LogP contribution in [-0.2, 0) is 0 Å². The lowest BCUT2D eigenvalue weighted by atomic mass is 10.1. The van der Waals surface area contributed by atoms with Gasteiger partial charge in [-0.3, -0.25) is 4.79 Å². The summed E-state index contributed by atoms with van der Waals surface area (Å²) in [6.45, 7) is 5.72. The molecule has 2 aromatic heterocycles. The Morgan fingerprint density at radius 3 is 2.41 bits per heavy atom. The molecule has 0 radical (unpaired) electrons. The van der Waals surface area contributed by atoms with Crippen LogP contribution >= 0.6 is 0 Å². The van der Waals surface area contributed by atoms with E-state index in [0.717, 1.165) is 39.5 Å². The van der Waals surface area contributed by atoms with Crippen LogP contribution in [0, 0.1) is 13.8 Å². The maximum absolute atomic E-state index is 13.3. The lowest BCUT2D eigenvalue weighted by Gasteiger charge is -2.16. The van der Waals surface area contributed by atoms with Crippen molar-refractivity contribution in [3.8, 4) is 17.2 Å². The van der Waals surface area contributed by atoms with E-state index in [1.807, 2.05) is 75.4 Å². The van der Waals surface area contributed by atoms with E-state index in [9.17, 15) is 4.79 Å². The fraction of sp³-hybridized carbons (Fsp3) is 0.240. The highest BCUT2D eigenvalue weighted by atomic mass is 16.5. The maximum atomic E-state index is 13.3. The van der Waals surface area contributed by atoms with Gasteiger partial charge in [0.1, 0.15) is 11.5 Å². The summed E-state index contributed by atoms with van der Waals surface area (Å²) in [6.07, 6.45) is 0. The molecular formula is C25H26N4O3. The summed E-state index contributed by atoms with van der Waals surface area (Å²) < 4.78 is 12.3. The van der Waals surface area contributed by atoms with Crippen molar-refractivity contribution in [3.05, 3.63) is 77.1 Å². The Morgan fingerprint density at radius 1 is 1.00 bits per heavy atom. The first kappa shape index (κ1) is 21.4. The van der Waals surface area contributed by atoms with E-state index in [0.29, 0.717) is 11.2 Å². The van der Waals surface area contributed by atoms with E-state index in [1.165, 1.54) is 0 Å². The molecule has 1 amide bonds. The highest BCUT2D eigenvalue weighted by Crippen LogP contribution is 2.27. The van der Waals surface area contributed by atoms with Crippen molar-refractivity contribution >= 4 is 16.9 Å². The zero-order valence-corrected chi connectivity index (χ0v) is 18.8. The van der Waals surface area contributed by atoms with Crippen LogP contribution in [0.2, 0.25) is 0 Å². The van der Waals surface area contributed by atoms with Gasteiger partial charge >= 0.3 is 0 Å². The van der Waals surface area contributed by atoms with Crippen molar-refractivity contribution in [2.45, 2.75) is 26.8 Å². The van der Waals surface area contributed by atoms with E-state index in [1.54, 1.807) is 18.9 Å². The number of methoxy groups -OCH3 is 2. The van der Waals surface area contributed by atoms with Crippen molar-refractivity contribution in [1.29, 1.82) is 0 Å². The Morgan fingerprint density at radius 2 is 1.72 bits per heavy atom. The topological polar surface area (TPSA) is 78.3 Å². The van der Waals surface area contributed by atoms with E-state index >= 15 is 0 Å². The summed E-state index contributed by atoms with van der Waals surface area (Å²) in [5.74, 6) is 1.34. The van der Waals surface area contributed by atoms with Gasteiger partial charge in [-0.2, -0.15) is 5.10 Å². The molecule has 2 aromatic carbocycles. The first-order valence-corrected chi connectivity index (χ1v) is 10.4. The summed E-state index contributed by atoms with van der Waals surface area (Å²) in [6, 6.07) is 16.9. The first-order chi connectivity index (χ1) is 15.4. The number of aryl methyl sites for hydroxylation is 2. The van der Waals surface area contributed by atoms with Crippen molar-refractivity contribution < 1.29 is 14.3 Å². The Kier molecular flexibility index (Phi) is 5.81. The first-order valence-electron chi connectivity index (χ1n) is 10.4. The van der Waals surface area contributed by atoms with Crippen LogP contribution < -0.4 is 14.8 Å². The minimum Gasteiger partial charge on any atom is -0.497 e. The van der Waals surface area contributed by atoms with Crippen LogP contribution in [0.3, 0.4) is 0 Å². The van der Waals surface area contributed by atoms with Gasteiger partial charge in [0.15, 0.2) is 5.65 Å². The molecule has 4 rings (SSSR count). The smallest absolute Gasteiger partial charge is 0.252 e. The lowest BCUT2D eigenvalue weighted by molar-refractivity contribution is 0.0941. The molecule has 0 saturated carbocycles. The van der Waals surface area contributed by atoms with Crippen LogP contribution in [-0.4, -0.2) is 34.9 Å². The zero-order valence-electron chi connectivity index (χ0n) is 18.8. The fourth-order valence-corrected chi connectivity index (χ4v) is 3.77. The third-order valence-corrected chi connectivity index (χ3v) is 5.44. The van der Waals surface area contributed by atoms with Crippen LogP contribution in [0.15, 0.2) is 54.6 Å². The number of amides is 1. The summed E-state index contributed by atoms with van der Waals surface area (Å²) >= 11 is 0. The third kappa shape index (κ3) is 4.01. The number of aromatic nitrogens is 3. The van der Waals surface area contributed by atoms with Gasteiger partial charge in [-0.05, 0) is 68.8 Å². The van der Waals surface area contributed by atoms with E-state index in [-0.39, 0.29) is 11.9 Å². The Bertz CT molecular complexity index is 1280. The number of hydrogen-bond donors (Lipinski definition) is 1. The lowest BCUT2D eigenvalue weighted by Crippen LogP contribution is -2.27. The number of rotatable bonds is 6. The second-order valence-electron chi connectivity index (χ2n) is 7.68. The zero-order chi connectivity index (χ0) is 22.8. The van der Waals surface area contributed by atoms with Gasteiger partial charge in [-0.25, -0.2) is 9.67 Å². The number of carbonyl (C=O) groups is 1. The van der Waals surface area contributed by atoms with E-state index in [2.05, 4.69) is 10.4 Å². The number of pyridine rings is 1. The molecule has 0 unspecified atom stereocenters. The molecular weight excluding hydrogens is 404 g/mol. The molecule has 7 heteroatoms. The minimum absolute atomic E-state index is 0.173. The van der Waals surface area contributed by atoms with Gasteiger partial charge in [0.05, 0.1) is 42.6 Å². The average Bonchev–Trinajstić information content (AvgIpc) is 3.14. The standard InChI is InChI=1S/C25H26N4O3/c1-15-13-22(25(30)27-16(2)18-7-6-8-21(14-18)32-5)23-17(3)28-29(24(23)26-15)19-9-11-20(31-4)12-10-19/h6-14,16H,1-5H3,(H,27,30)/t16-/m0/s1. The van der Waals surface area contributed by atoms with Crippen molar-refractivity contribution in [2.24, 2.45) is 0 Å². The molecule has 164 valence electrons. The molecule has 0 saturated heterocycles. The molecule has 7 nitrogen and oxygen atoms in total. The van der Waals surface area contributed by atoms with Crippen molar-refractivity contribution in [3.63, 3.8) is 0 Å². The number of carbonyl (C=O) groups excluding carboxylic acids is 1. The van der Waals surface area contributed by atoms with Gasteiger partial charge in [0.25, 0.3) is 5.91 Å². The van der Waals surface area contributed by atoms with Crippen LogP contribution in [0.25, 0.3) is 16.7 Å². The minimum atomic E-state index is -0.196. The van der Waals surface area contributed by atoms with Crippen molar-refractivity contribution in [1.82, 2.24) is 20.1 Å². The summed E-state index contributed by atoms with van der Waals surface area (Å²) in [4.78, 5) is 18.0. The number of ether oxygens (including phenoxy) is 2. The van der Waals surface area contributed by atoms with Crippen molar-refractivity contribution in [2.75, 3.05) is 14.2 Å². The van der Waals surface area contributed by atoms with Crippen LogP contribution in [0.1, 0.15) is 40.3 Å². The number of benzene rings is 2. The molecule has 0 bridgehead atoms. The van der Waals surface area contributed by atoms with Gasteiger partial charge < -0.3 is 14.8 Å². The van der Waals surface area contributed by atoms with Gasteiger partial charge in [0, 0.05) is 5.69 Å². The third-order valence-electron chi connectivity index (χ3n) is 5.44. The Hall–Kier alpha value is -3.87. The largest absolute Gasteiger partial charge is 0.497 e. The highest BCUT2D eigenvalue weighted by molar-refractivity contribution is 6.07. The van der Waals surface area contributed by atoms with Gasteiger partial charge in [-0.1, -0.05) is 12.1 Å². The second kappa shape index (κ2) is 8.70. The summed E-state index contributed by atoms with van der Waals surface area (Å²) in [5.41, 5.74) is 4.49. The van der Waals surface area contributed by atoms with Gasteiger partial charge in [-0.15, -0.1) is 0 Å². The monoisotopic (exact) mass is 430 g/mol. The summed E-state index contributed by atoms with van der Waals surface area (Å²) in [5, 5.41) is 8.51. The molecule has 4 aromatic rings. The predicted molar refractivity (Wildman–Crippen MR) is 124 cm³/mol. The average molecular weight is 431 g/mol. The molecule has 0 aliphatic rings. The Labute approximate surface area is 187 Å². The normalized spacial score (nSPS) is 11.9. The van der Waals surface area contributed by atoms with Gasteiger partial charge in [0.2, 0.25) is 0 Å². The fourth-order valence-electron chi connectivity index (χ4n) is 3.77. The second-order valence-corrected chi connectivity index (χ2v) is 7.68.